The van der Waals surface area contributed by atoms with Crippen LogP contribution < -0.4 is 4.90 Å². The SMILES string of the molecule is CCOC(=O)c1cncc(-c2cncc(N(Cc3ccccc3)C(=O)OC(C)(C)C)n2)c1. The molecule has 0 bridgehead atoms. The predicted molar refractivity (Wildman–Crippen MR) is 120 cm³/mol. The van der Waals surface area contributed by atoms with Crippen LogP contribution in [0.15, 0.2) is 61.2 Å². The Labute approximate surface area is 187 Å². The molecule has 166 valence electrons. The first-order chi connectivity index (χ1) is 15.3. The van der Waals surface area contributed by atoms with E-state index in [2.05, 4.69) is 15.0 Å². The first kappa shape index (κ1) is 22.9. The Kier molecular flexibility index (Phi) is 7.14. The maximum Gasteiger partial charge on any atom is 0.416 e. The lowest BCUT2D eigenvalue weighted by atomic mass is 10.1. The number of aromatic nitrogens is 3. The van der Waals surface area contributed by atoms with Crippen LogP contribution in [-0.4, -0.2) is 39.2 Å². The zero-order chi connectivity index (χ0) is 23.1. The summed E-state index contributed by atoms with van der Waals surface area (Å²) in [4.78, 5) is 39.5. The molecule has 0 fully saturated rings. The second-order valence-electron chi connectivity index (χ2n) is 8.00. The van der Waals surface area contributed by atoms with Gasteiger partial charge in [0, 0.05) is 18.0 Å². The van der Waals surface area contributed by atoms with Crippen LogP contribution in [0.4, 0.5) is 10.6 Å². The Bertz CT molecular complexity index is 1080. The summed E-state index contributed by atoms with van der Waals surface area (Å²) in [5, 5.41) is 0. The second kappa shape index (κ2) is 10.00. The van der Waals surface area contributed by atoms with Gasteiger partial charge in [0.15, 0.2) is 5.82 Å². The summed E-state index contributed by atoms with van der Waals surface area (Å²) < 4.78 is 10.6. The average Bonchev–Trinajstić information content (AvgIpc) is 2.77. The van der Waals surface area contributed by atoms with Gasteiger partial charge < -0.3 is 9.47 Å². The van der Waals surface area contributed by atoms with E-state index in [0.29, 0.717) is 22.6 Å². The number of pyridine rings is 1. The lowest BCUT2D eigenvalue weighted by Crippen LogP contribution is -2.37. The Balaban J connectivity index is 1.96. The molecule has 0 aliphatic rings. The minimum Gasteiger partial charge on any atom is -0.462 e. The van der Waals surface area contributed by atoms with Crippen molar-refractivity contribution < 1.29 is 19.1 Å². The van der Waals surface area contributed by atoms with Crippen molar-refractivity contribution in [2.45, 2.75) is 39.8 Å². The third-order valence-corrected chi connectivity index (χ3v) is 4.24. The van der Waals surface area contributed by atoms with E-state index in [1.54, 1.807) is 46.2 Å². The molecule has 2 heterocycles. The summed E-state index contributed by atoms with van der Waals surface area (Å²) >= 11 is 0. The molecule has 3 rings (SSSR count). The smallest absolute Gasteiger partial charge is 0.416 e. The summed E-state index contributed by atoms with van der Waals surface area (Å²) in [6.45, 7) is 7.68. The van der Waals surface area contributed by atoms with Gasteiger partial charge in [0.25, 0.3) is 0 Å². The highest BCUT2D eigenvalue weighted by Gasteiger charge is 2.25. The number of hydrogen-bond acceptors (Lipinski definition) is 7. The van der Waals surface area contributed by atoms with Crippen molar-refractivity contribution in [3.63, 3.8) is 0 Å². The fourth-order valence-electron chi connectivity index (χ4n) is 2.85. The summed E-state index contributed by atoms with van der Waals surface area (Å²) in [5.74, 6) is -0.146. The molecule has 0 radical (unpaired) electrons. The molecule has 1 aromatic carbocycles. The minimum atomic E-state index is -0.672. The second-order valence-corrected chi connectivity index (χ2v) is 8.00. The summed E-state index contributed by atoms with van der Waals surface area (Å²) in [5.41, 5.74) is 1.59. The molecular weight excluding hydrogens is 408 g/mol. The molecule has 0 saturated carbocycles. The number of esters is 1. The monoisotopic (exact) mass is 434 g/mol. The van der Waals surface area contributed by atoms with Crippen LogP contribution in [0.25, 0.3) is 11.3 Å². The molecule has 0 aliphatic carbocycles. The van der Waals surface area contributed by atoms with E-state index in [0.717, 1.165) is 5.56 Å². The predicted octanol–water partition coefficient (Wildman–Crippen LogP) is 4.66. The first-order valence-electron chi connectivity index (χ1n) is 10.3. The van der Waals surface area contributed by atoms with E-state index in [4.69, 9.17) is 9.47 Å². The van der Waals surface area contributed by atoms with Gasteiger partial charge in [-0.25, -0.2) is 14.6 Å². The van der Waals surface area contributed by atoms with E-state index in [1.807, 2.05) is 30.3 Å². The number of amides is 1. The number of nitrogens with zero attached hydrogens (tertiary/aromatic N) is 4. The van der Waals surface area contributed by atoms with Crippen molar-refractivity contribution >= 4 is 17.9 Å². The number of anilines is 1. The first-order valence-corrected chi connectivity index (χ1v) is 10.3. The third-order valence-electron chi connectivity index (χ3n) is 4.24. The molecule has 0 N–H and O–H groups in total. The van der Waals surface area contributed by atoms with Gasteiger partial charge in [0.1, 0.15) is 5.60 Å². The quantitative estimate of drug-likeness (QED) is 0.521. The molecule has 1 amide bonds. The maximum atomic E-state index is 13.0. The topological polar surface area (TPSA) is 94.5 Å². The van der Waals surface area contributed by atoms with E-state index in [1.165, 1.54) is 17.3 Å². The Morgan fingerprint density at radius 1 is 1.00 bits per heavy atom. The fourth-order valence-corrected chi connectivity index (χ4v) is 2.85. The van der Waals surface area contributed by atoms with E-state index < -0.39 is 17.7 Å². The molecule has 8 heteroatoms. The van der Waals surface area contributed by atoms with Crippen LogP contribution >= 0.6 is 0 Å². The molecule has 32 heavy (non-hydrogen) atoms. The van der Waals surface area contributed by atoms with E-state index >= 15 is 0 Å². The molecule has 8 nitrogen and oxygen atoms in total. The van der Waals surface area contributed by atoms with Crippen LogP contribution in [0.3, 0.4) is 0 Å². The summed E-state index contributed by atoms with van der Waals surface area (Å²) in [7, 11) is 0. The number of hydrogen-bond donors (Lipinski definition) is 0. The van der Waals surface area contributed by atoms with Crippen LogP contribution in [0.2, 0.25) is 0 Å². The van der Waals surface area contributed by atoms with Crippen LogP contribution in [-0.2, 0) is 16.0 Å². The third kappa shape index (κ3) is 6.10. The van der Waals surface area contributed by atoms with Gasteiger partial charge in [-0.1, -0.05) is 30.3 Å². The van der Waals surface area contributed by atoms with Crippen LogP contribution in [0.1, 0.15) is 43.6 Å². The average molecular weight is 434 g/mol. The molecular formula is C24H26N4O4. The summed E-state index contributed by atoms with van der Waals surface area (Å²) in [6, 6.07) is 11.2. The Morgan fingerprint density at radius 2 is 1.72 bits per heavy atom. The number of carbonyl (C=O) groups is 2. The van der Waals surface area contributed by atoms with Gasteiger partial charge in [0.05, 0.1) is 36.8 Å². The number of carbonyl (C=O) groups excluding carboxylic acids is 2. The Morgan fingerprint density at radius 3 is 2.41 bits per heavy atom. The maximum absolute atomic E-state index is 13.0. The van der Waals surface area contributed by atoms with Crippen molar-refractivity contribution in [1.29, 1.82) is 0 Å². The molecule has 0 aliphatic heterocycles. The van der Waals surface area contributed by atoms with Crippen molar-refractivity contribution in [3.8, 4) is 11.3 Å². The Hall–Kier alpha value is -3.81. The number of rotatable bonds is 6. The standard InChI is InChI=1S/C24H26N4O4/c1-5-31-22(29)19-11-18(12-25-13-19)20-14-26-15-21(27-20)28(23(30)32-24(2,3)4)16-17-9-7-6-8-10-17/h6-15H,5,16H2,1-4H3. The molecule has 0 atom stereocenters. The highest BCUT2D eigenvalue weighted by atomic mass is 16.6. The van der Waals surface area contributed by atoms with Crippen molar-refractivity contribution in [2.24, 2.45) is 0 Å². The van der Waals surface area contributed by atoms with Gasteiger partial charge in [-0.15, -0.1) is 0 Å². The molecule has 2 aromatic heterocycles. The van der Waals surface area contributed by atoms with E-state index in [9.17, 15) is 9.59 Å². The van der Waals surface area contributed by atoms with Crippen molar-refractivity contribution in [3.05, 3.63) is 72.3 Å². The molecule has 0 unspecified atom stereocenters. The van der Waals surface area contributed by atoms with Crippen molar-refractivity contribution in [1.82, 2.24) is 15.0 Å². The normalized spacial score (nSPS) is 11.0. The lowest BCUT2D eigenvalue weighted by molar-refractivity contribution is 0.0524. The van der Waals surface area contributed by atoms with Crippen LogP contribution in [0, 0.1) is 0 Å². The molecule has 0 spiro atoms. The van der Waals surface area contributed by atoms with Gasteiger partial charge in [-0.3, -0.25) is 14.9 Å². The van der Waals surface area contributed by atoms with Gasteiger partial charge in [-0.05, 0) is 39.3 Å². The van der Waals surface area contributed by atoms with Crippen LogP contribution in [0.5, 0.6) is 0 Å². The minimum absolute atomic E-state index is 0.259. The van der Waals surface area contributed by atoms with Gasteiger partial charge in [-0.2, -0.15) is 0 Å². The fraction of sp³-hybridized carbons (Fsp3) is 0.292. The summed E-state index contributed by atoms with van der Waals surface area (Å²) in [6.07, 6.45) is 5.52. The highest BCUT2D eigenvalue weighted by Crippen LogP contribution is 2.23. The van der Waals surface area contributed by atoms with Crippen molar-refractivity contribution in [2.75, 3.05) is 11.5 Å². The molecule has 3 aromatic rings. The number of ether oxygens (including phenoxy) is 2. The molecule has 0 saturated heterocycles. The van der Waals surface area contributed by atoms with Gasteiger partial charge in [0.2, 0.25) is 0 Å². The zero-order valence-electron chi connectivity index (χ0n) is 18.6. The van der Waals surface area contributed by atoms with E-state index in [-0.39, 0.29) is 13.2 Å². The number of benzene rings is 1. The largest absolute Gasteiger partial charge is 0.462 e. The highest BCUT2D eigenvalue weighted by molar-refractivity contribution is 5.90. The van der Waals surface area contributed by atoms with Gasteiger partial charge >= 0.3 is 12.1 Å². The zero-order valence-corrected chi connectivity index (χ0v) is 18.6. The lowest BCUT2D eigenvalue weighted by Gasteiger charge is -2.27.